The van der Waals surface area contributed by atoms with Gasteiger partial charge in [0.1, 0.15) is 23.2 Å². The van der Waals surface area contributed by atoms with E-state index in [1.54, 1.807) is 6.07 Å². The fourth-order valence-corrected chi connectivity index (χ4v) is 1.65. The van der Waals surface area contributed by atoms with E-state index < -0.39 is 11.6 Å². The lowest BCUT2D eigenvalue weighted by Gasteiger charge is -2.01. The van der Waals surface area contributed by atoms with E-state index in [0.29, 0.717) is 17.9 Å². The van der Waals surface area contributed by atoms with E-state index in [4.69, 9.17) is 4.42 Å². The number of benzene rings is 1. The maximum Gasteiger partial charge on any atom is 0.127 e. The normalized spacial score (nSPS) is 10.8. The van der Waals surface area contributed by atoms with Crippen molar-refractivity contribution in [2.24, 2.45) is 0 Å². The van der Waals surface area contributed by atoms with Crippen LogP contribution in [0.1, 0.15) is 17.1 Å². The van der Waals surface area contributed by atoms with Gasteiger partial charge in [-0.05, 0) is 42.9 Å². The Morgan fingerprint density at radius 3 is 2.65 bits per heavy atom. The van der Waals surface area contributed by atoms with Crippen LogP contribution in [0, 0.1) is 11.6 Å². The number of halogens is 2. The van der Waals surface area contributed by atoms with Crippen LogP contribution in [0.4, 0.5) is 8.78 Å². The zero-order valence-electron chi connectivity index (χ0n) is 9.47. The van der Waals surface area contributed by atoms with Crippen molar-refractivity contribution < 1.29 is 13.2 Å². The molecule has 0 atom stereocenters. The van der Waals surface area contributed by atoms with E-state index in [9.17, 15) is 8.78 Å². The number of rotatable bonds is 4. The molecule has 1 N–H and O–H groups in total. The summed E-state index contributed by atoms with van der Waals surface area (Å²) < 4.78 is 31.8. The van der Waals surface area contributed by atoms with Crippen LogP contribution >= 0.6 is 0 Å². The van der Waals surface area contributed by atoms with Crippen LogP contribution in [0.25, 0.3) is 0 Å². The van der Waals surface area contributed by atoms with Gasteiger partial charge in [-0.15, -0.1) is 0 Å². The van der Waals surface area contributed by atoms with E-state index in [2.05, 4.69) is 5.32 Å². The molecule has 1 aromatic carbocycles. The minimum Gasteiger partial charge on any atom is -0.464 e. The van der Waals surface area contributed by atoms with Crippen LogP contribution in [-0.4, -0.2) is 7.05 Å². The first-order valence-electron chi connectivity index (χ1n) is 5.35. The van der Waals surface area contributed by atoms with Gasteiger partial charge in [0.25, 0.3) is 0 Å². The second-order valence-electron chi connectivity index (χ2n) is 3.81. The lowest BCUT2D eigenvalue weighted by Crippen LogP contribution is -2.03. The van der Waals surface area contributed by atoms with Gasteiger partial charge in [-0.1, -0.05) is 0 Å². The molecule has 17 heavy (non-hydrogen) atoms. The maximum atomic E-state index is 13.4. The highest BCUT2D eigenvalue weighted by Gasteiger charge is 2.08. The Morgan fingerprint density at radius 1 is 1.12 bits per heavy atom. The van der Waals surface area contributed by atoms with Crippen LogP contribution in [-0.2, 0) is 13.0 Å². The molecule has 0 saturated heterocycles. The van der Waals surface area contributed by atoms with Gasteiger partial charge in [0, 0.05) is 6.42 Å². The lowest BCUT2D eigenvalue weighted by molar-refractivity contribution is 0.459. The van der Waals surface area contributed by atoms with Gasteiger partial charge in [0.2, 0.25) is 0 Å². The molecule has 0 amide bonds. The Bertz CT molecular complexity index is 508. The third kappa shape index (κ3) is 2.91. The molecule has 2 aromatic rings. The van der Waals surface area contributed by atoms with Crippen LogP contribution in [0.15, 0.2) is 34.7 Å². The molecule has 0 unspecified atom stereocenters. The van der Waals surface area contributed by atoms with Crippen LogP contribution in [0.5, 0.6) is 0 Å². The summed E-state index contributed by atoms with van der Waals surface area (Å²) in [4.78, 5) is 0. The minimum atomic E-state index is -0.441. The Morgan fingerprint density at radius 2 is 1.88 bits per heavy atom. The molecular formula is C13H13F2NO. The molecule has 2 nitrogen and oxygen atoms in total. The van der Waals surface area contributed by atoms with E-state index >= 15 is 0 Å². The van der Waals surface area contributed by atoms with E-state index in [0.717, 1.165) is 17.9 Å². The van der Waals surface area contributed by atoms with E-state index in [1.807, 2.05) is 13.1 Å². The fraction of sp³-hybridized carbons (Fsp3) is 0.231. The van der Waals surface area contributed by atoms with Crippen molar-refractivity contribution in [2.75, 3.05) is 7.05 Å². The average molecular weight is 237 g/mol. The van der Waals surface area contributed by atoms with Crippen molar-refractivity contribution in [3.63, 3.8) is 0 Å². The molecular weight excluding hydrogens is 224 g/mol. The second-order valence-corrected chi connectivity index (χ2v) is 3.81. The van der Waals surface area contributed by atoms with E-state index in [1.165, 1.54) is 6.07 Å². The number of hydrogen-bond donors (Lipinski definition) is 1. The summed E-state index contributed by atoms with van der Waals surface area (Å²) >= 11 is 0. The topological polar surface area (TPSA) is 25.2 Å². The largest absolute Gasteiger partial charge is 0.464 e. The summed E-state index contributed by atoms with van der Waals surface area (Å²) in [5, 5.41) is 2.95. The summed E-state index contributed by atoms with van der Waals surface area (Å²) in [6.45, 7) is 0.617. The van der Waals surface area contributed by atoms with Gasteiger partial charge < -0.3 is 9.73 Å². The monoisotopic (exact) mass is 237 g/mol. The SMILES string of the molecule is CNCc1ccc(Cc2cc(F)ccc2F)o1. The molecule has 1 heterocycles. The van der Waals surface area contributed by atoms with Crippen LogP contribution < -0.4 is 5.32 Å². The van der Waals surface area contributed by atoms with Crippen molar-refractivity contribution >= 4 is 0 Å². The molecule has 0 aliphatic rings. The third-order valence-corrected chi connectivity index (χ3v) is 2.44. The quantitative estimate of drug-likeness (QED) is 0.884. The first kappa shape index (κ1) is 11.8. The van der Waals surface area contributed by atoms with Gasteiger partial charge in [-0.25, -0.2) is 8.78 Å². The molecule has 2 rings (SSSR count). The second kappa shape index (κ2) is 5.10. The Hall–Kier alpha value is -1.68. The van der Waals surface area contributed by atoms with E-state index in [-0.39, 0.29) is 6.42 Å². The Balaban J connectivity index is 2.16. The third-order valence-electron chi connectivity index (χ3n) is 2.44. The van der Waals surface area contributed by atoms with Gasteiger partial charge in [0.05, 0.1) is 6.54 Å². The van der Waals surface area contributed by atoms with Gasteiger partial charge >= 0.3 is 0 Å². The van der Waals surface area contributed by atoms with Crippen molar-refractivity contribution in [3.8, 4) is 0 Å². The fourth-order valence-electron chi connectivity index (χ4n) is 1.65. The number of furan rings is 1. The predicted molar refractivity (Wildman–Crippen MR) is 60.6 cm³/mol. The van der Waals surface area contributed by atoms with Crippen LogP contribution in [0.3, 0.4) is 0 Å². The molecule has 0 bridgehead atoms. The van der Waals surface area contributed by atoms with Crippen molar-refractivity contribution in [2.45, 2.75) is 13.0 Å². The number of hydrogen-bond acceptors (Lipinski definition) is 2. The maximum absolute atomic E-state index is 13.4. The summed E-state index contributed by atoms with van der Waals surface area (Å²) in [6, 6.07) is 7.02. The molecule has 1 aromatic heterocycles. The van der Waals surface area contributed by atoms with Gasteiger partial charge in [-0.2, -0.15) is 0 Å². The van der Waals surface area contributed by atoms with Crippen molar-refractivity contribution in [3.05, 3.63) is 59.1 Å². The first-order valence-corrected chi connectivity index (χ1v) is 5.35. The highest BCUT2D eigenvalue weighted by molar-refractivity contribution is 5.24. The number of nitrogens with one attached hydrogen (secondary N) is 1. The van der Waals surface area contributed by atoms with Gasteiger partial charge in [0.15, 0.2) is 0 Å². The predicted octanol–water partition coefficient (Wildman–Crippen LogP) is 2.87. The molecule has 0 saturated carbocycles. The summed E-state index contributed by atoms with van der Waals surface area (Å²) in [7, 11) is 1.81. The lowest BCUT2D eigenvalue weighted by atomic mass is 10.1. The first-order chi connectivity index (χ1) is 8.19. The zero-order chi connectivity index (χ0) is 12.3. The molecule has 90 valence electrons. The molecule has 0 aliphatic heterocycles. The molecule has 0 aliphatic carbocycles. The van der Waals surface area contributed by atoms with Crippen molar-refractivity contribution in [1.82, 2.24) is 5.32 Å². The Kier molecular flexibility index (Phi) is 3.54. The summed E-state index contributed by atoms with van der Waals surface area (Å²) in [6.07, 6.45) is 0.257. The zero-order valence-corrected chi connectivity index (χ0v) is 9.47. The minimum absolute atomic E-state index is 0.257. The highest BCUT2D eigenvalue weighted by atomic mass is 19.1. The smallest absolute Gasteiger partial charge is 0.127 e. The highest BCUT2D eigenvalue weighted by Crippen LogP contribution is 2.17. The standard InChI is InChI=1S/C13H13F2NO/c1-16-8-12-4-3-11(17-12)7-9-6-10(14)2-5-13(9)15/h2-6,16H,7-8H2,1H3. The van der Waals surface area contributed by atoms with Gasteiger partial charge in [-0.3, -0.25) is 0 Å². The summed E-state index contributed by atoms with van der Waals surface area (Å²) in [5.41, 5.74) is 0.301. The Labute approximate surface area is 98.3 Å². The molecule has 4 heteroatoms. The molecule has 0 radical (unpaired) electrons. The average Bonchev–Trinajstić information content (AvgIpc) is 2.72. The van der Waals surface area contributed by atoms with Crippen molar-refractivity contribution in [1.29, 1.82) is 0 Å². The summed E-state index contributed by atoms with van der Waals surface area (Å²) in [5.74, 6) is 0.542. The van der Waals surface area contributed by atoms with Crippen LogP contribution in [0.2, 0.25) is 0 Å². The molecule has 0 spiro atoms. The molecule has 0 fully saturated rings.